The van der Waals surface area contributed by atoms with Crippen LogP contribution in [0.15, 0.2) is 48.9 Å². The van der Waals surface area contributed by atoms with Crippen LogP contribution in [0.5, 0.6) is 5.75 Å². The summed E-state index contributed by atoms with van der Waals surface area (Å²) in [5, 5.41) is 7.70. The number of halogens is 1. The molecule has 32 heavy (non-hydrogen) atoms. The third-order valence-electron chi connectivity index (χ3n) is 6.27. The third-order valence-corrected chi connectivity index (χ3v) is 6.27. The van der Waals surface area contributed by atoms with E-state index in [1.54, 1.807) is 36.8 Å². The molecule has 3 aromatic heterocycles. The molecule has 1 aliphatic rings. The highest BCUT2D eigenvalue weighted by molar-refractivity contribution is 5.91. The smallest absolute Gasteiger partial charge is 0.253 e. The fourth-order valence-electron chi connectivity index (χ4n) is 4.59. The molecule has 0 saturated heterocycles. The highest BCUT2D eigenvalue weighted by Crippen LogP contribution is 2.40. The normalized spacial score (nSPS) is 21.7. The first-order valence-electron chi connectivity index (χ1n) is 10.7. The van der Waals surface area contributed by atoms with E-state index in [0.29, 0.717) is 28.3 Å². The van der Waals surface area contributed by atoms with Gasteiger partial charge < -0.3 is 4.74 Å². The topological polar surface area (TPSA) is 94.3 Å². The van der Waals surface area contributed by atoms with E-state index in [4.69, 9.17) is 4.74 Å². The Morgan fingerprint density at radius 2 is 2.12 bits per heavy atom. The van der Waals surface area contributed by atoms with E-state index in [9.17, 15) is 9.18 Å². The minimum atomic E-state index is -0.325. The number of fused-ring (bicyclic) bond motifs is 2. The first-order valence-corrected chi connectivity index (χ1v) is 10.7. The lowest BCUT2D eigenvalue weighted by atomic mass is 9.85. The Morgan fingerprint density at radius 3 is 2.97 bits per heavy atom. The number of aromatic nitrogens is 5. The minimum absolute atomic E-state index is 0.0587. The summed E-state index contributed by atoms with van der Waals surface area (Å²) in [5.74, 6) is 1.02. The molecule has 3 heterocycles. The summed E-state index contributed by atoms with van der Waals surface area (Å²) in [6.45, 7) is 4.05. The van der Waals surface area contributed by atoms with Gasteiger partial charge in [-0.05, 0) is 55.0 Å². The highest BCUT2D eigenvalue weighted by Gasteiger charge is 2.39. The molecule has 0 spiro atoms. The standard InChI is InChI=1S/C23H23FN6O2/c1-13-10-16(32-20-6-8-25-19-5-4-15(24)11-18(19)20)12-17(13)14(2)21(31)27-22-28-23-26-7-3-9-30(23)29-22/h3-9,11,13-14,16-17H,10,12H2,1-2H3,(H,27,29,31). The molecular weight excluding hydrogens is 411 g/mol. The van der Waals surface area contributed by atoms with Crippen LogP contribution in [0.3, 0.4) is 0 Å². The second kappa shape index (κ2) is 8.14. The van der Waals surface area contributed by atoms with Gasteiger partial charge >= 0.3 is 0 Å². The van der Waals surface area contributed by atoms with Crippen molar-refractivity contribution in [3.63, 3.8) is 0 Å². The maximum absolute atomic E-state index is 13.8. The Bertz CT molecular complexity index is 1260. The number of hydrogen-bond acceptors (Lipinski definition) is 6. The van der Waals surface area contributed by atoms with E-state index >= 15 is 0 Å². The number of hydrogen-bond donors (Lipinski definition) is 1. The molecule has 4 atom stereocenters. The van der Waals surface area contributed by atoms with Crippen LogP contribution in [0, 0.1) is 23.6 Å². The lowest BCUT2D eigenvalue weighted by Gasteiger charge is -2.21. The molecule has 164 valence electrons. The maximum Gasteiger partial charge on any atom is 0.253 e. The number of carbonyl (C=O) groups is 1. The Balaban J connectivity index is 1.27. The first-order chi connectivity index (χ1) is 15.5. The number of pyridine rings is 1. The largest absolute Gasteiger partial charge is 0.490 e. The molecule has 0 bridgehead atoms. The predicted octanol–water partition coefficient (Wildman–Crippen LogP) is 3.88. The number of nitrogens with zero attached hydrogens (tertiary/aromatic N) is 5. The van der Waals surface area contributed by atoms with Gasteiger partial charge in [0.1, 0.15) is 11.6 Å². The predicted molar refractivity (Wildman–Crippen MR) is 117 cm³/mol. The van der Waals surface area contributed by atoms with Crippen molar-refractivity contribution in [2.75, 3.05) is 5.32 Å². The minimum Gasteiger partial charge on any atom is -0.490 e. The first kappa shape index (κ1) is 20.3. The van der Waals surface area contributed by atoms with E-state index in [0.717, 1.165) is 12.8 Å². The van der Waals surface area contributed by atoms with Crippen molar-refractivity contribution in [2.24, 2.45) is 17.8 Å². The molecule has 0 aliphatic heterocycles. The highest BCUT2D eigenvalue weighted by atomic mass is 19.1. The van der Waals surface area contributed by atoms with Crippen molar-refractivity contribution in [1.82, 2.24) is 24.6 Å². The zero-order valence-corrected chi connectivity index (χ0v) is 17.8. The van der Waals surface area contributed by atoms with Crippen molar-refractivity contribution >= 4 is 28.5 Å². The number of amides is 1. The van der Waals surface area contributed by atoms with E-state index in [2.05, 4.69) is 32.3 Å². The van der Waals surface area contributed by atoms with Crippen LogP contribution < -0.4 is 10.1 Å². The van der Waals surface area contributed by atoms with E-state index in [1.165, 1.54) is 16.6 Å². The maximum atomic E-state index is 13.8. The van der Waals surface area contributed by atoms with Gasteiger partial charge in [-0.1, -0.05) is 13.8 Å². The van der Waals surface area contributed by atoms with E-state index in [1.807, 2.05) is 6.92 Å². The number of anilines is 1. The van der Waals surface area contributed by atoms with Crippen LogP contribution in [0.4, 0.5) is 10.3 Å². The molecular formula is C23H23FN6O2. The third kappa shape index (κ3) is 3.86. The van der Waals surface area contributed by atoms with Gasteiger partial charge in [0.05, 0.1) is 11.6 Å². The zero-order valence-electron chi connectivity index (χ0n) is 17.8. The van der Waals surface area contributed by atoms with Crippen molar-refractivity contribution in [3.05, 3.63) is 54.7 Å². The van der Waals surface area contributed by atoms with Crippen molar-refractivity contribution < 1.29 is 13.9 Å². The summed E-state index contributed by atoms with van der Waals surface area (Å²) >= 11 is 0. The van der Waals surface area contributed by atoms with Gasteiger partial charge in [0.25, 0.3) is 11.7 Å². The summed E-state index contributed by atoms with van der Waals surface area (Å²) in [4.78, 5) is 25.5. The van der Waals surface area contributed by atoms with Crippen LogP contribution in [-0.4, -0.2) is 36.6 Å². The molecule has 1 aromatic carbocycles. The summed E-state index contributed by atoms with van der Waals surface area (Å²) in [5.41, 5.74) is 0.689. The fraction of sp³-hybridized carbons (Fsp3) is 0.348. The number of ether oxygens (including phenoxy) is 1. The monoisotopic (exact) mass is 434 g/mol. The molecule has 1 N–H and O–H groups in total. The molecule has 4 unspecified atom stereocenters. The van der Waals surface area contributed by atoms with Crippen LogP contribution in [-0.2, 0) is 4.79 Å². The lowest BCUT2D eigenvalue weighted by Crippen LogP contribution is -2.29. The summed E-state index contributed by atoms with van der Waals surface area (Å²) in [6, 6.07) is 7.99. The summed E-state index contributed by atoms with van der Waals surface area (Å²) in [6.07, 6.45) is 6.51. The molecule has 0 radical (unpaired) electrons. The quantitative estimate of drug-likeness (QED) is 0.512. The Morgan fingerprint density at radius 1 is 1.25 bits per heavy atom. The van der Waals surface area contributed by atoms with Gasteiger partial charge in [-0.3, -0.25) is 15.1 Å². The Hall–Kier alpha value is -3.62. The summed E-state index contributed by atoms with van der Waals surface area (Å²) < 4.78 is 21.5. The van der Waals surface area contributed by atoms with Crippen LogP contribution in [0.25, 0.3) is 16.7 Å². The van der Waals surface area contributed by atoms with Crippen LogP contribution in [0.1, 0.15) is 26.7 Å². The average molecular weight is 434 g/mol. The van der Waals surface area contributed by atoms with Gasteiger partial charge in [0.2, 0.25) is 5.91 Å². The molecule has 5 rings (SSSR count). The van der Waals surface area contributed by atoms with Crippen molar-refractivity contribution in [3.8, 4) is 5.75 Å². The van der Waals surface area contributed by atoms with Crippen LogP contribution in [0.2, 0.25) is 0 Å². The molecule has 1 amide bonds. The van der Waals surface area contributed by atoms with Crippen molar-refractivity contribution in [2.45, 2.75) is 32.8 Å². The number of carbonyl (C=O) groups excluding carboxylic acids is 1. The molecule has 1 aliphatic carbocycles. The number of rotatable bonds is 5. The SMILES string of the molecule is CC1CC(Oc2ccnc3ccc(F)cc23)CC1C(C)C(=O)Nc1nc2ncccn2n1. The average Bonchev–Trinajstić information content (AvgIpc) is 3.35. The Kier molecular flexibility index (Phi) is 5.16. The zero-order chi connectivity index (χ0) is 22.2. The molecule has 4 aromatic rings. The van der Waals surface area contributed by atoms with Crippen molar-refractivity contribution in [1.29, 1.82) is 0 Å². The van der Waals surface area contributed by atoms with Gasteiger partial charge in [0, 0.05) is 29.9 Å². The fourth-order valence-corrected chi connectivity index (χ4v) is 4.59. The second-order valence-electron chi connectivity index (χ2n) is 8.40. The van der Waals surface area contributed by atoms with Gasteiger partial charge in [0.15, 0.2) is 0 Å². The number of benzene rings is 1. The molecule has 8 nitrogen and oxygen atoms in total. The molecule has 1 fully saturated rings. The summed E-state index contributed by atoms with van der Waals surface area (Å²) in [7, 11) is 0. The molecule has 9 heteroatoms. The second-order valence-corrected chi connectivity index (χ2v) is 8.40. The van der Waals surface area contributed by atoms with E-state index in [-0.39, 0.29) is 35.6 Å². The van der Waals surface area contributed by atoms with Gasteiger partial charge in [-0.2, -0.15) is 4.98 Å². The lowest BCUT2D eigenvalue weighted by molar-refractivity contribution is -0.121. The van der Waals surface area contributed by atoms with Crippen LogP contribution >= 0.6 is 0 Å². The van der Waals surface area contributed by atoms with Gasteiger partial charge in [-0.15, -0.1) is 5.10 Å². The Labute approximate surface area is 183 Å². The molecule has 1 saturated carbocycles. The van der Waals surface area contributed by atoms with Gasteiger partial charge in [-0.25, -0.2) is 13.9 Å². The number of nitrogens with one attached hydrogen (secondary N) is 1. The van der Waals surface area contributed by atoms with E-state index < -0.39 is 0 Å².